The molecule has 4 rings (SSSR count). The van der Waals surface area contributed by atoms with Gasteiger partial charge >= 0.3 is 12.1 Å². The molecule has 2 atom stereocenters. The van der Waals surface area contributed by atoms with E-state index in [1.165, 1.54) is 25.3 Å². The monoisotopic (exact) mass is 453 g/mol. The van der Waals surface area contributed by atoms with Gasteiger partial charge in [-0.3, -0.25) is 9.36 Å². The molecule has 31 heavy (non-hydrogen) atoms. The van der Waals surface area contributed by atoms with Gasteiger partial charge in [0.2, 0.25) is 5.82 Å². The molecule has 11 heteroatoms. The molecule has 3 aromatic rings. The summed E-state index contributed by atoms with van der Waals surface area (Å²) >= 11 is 6.16. The summed E-state index contributed by atoms with van der Waals surface area (Å²) in [4.78, 5) is 11.5. The Morgan fingerprint density at radius 3 is 2.65 bits per heavy atom. The lowest BCUT2D eigenvalue weighted by molar-refractivity contribution is -0.146. The van der Waals surface area contributed by atoms with E-state index in [-0.39, 0.29) is 22.1 Å². The van der Waals surface area contributed by atoms with Crippen molar-refractivity contribution in [1.82, 2.24) is 14.8 Å². The van der Waals surface area contributed by atoms with Crippen molar-refractivity contribution in [2.24, 2.45) is 0 Å². The first-order valence-corrected chi connectivity index (χ1v) is 9.41. The SMILES string of the molecule is COc1ccccc1[C@@H]1O[C@@H](CC(=O)O)c2nnc(C(F)(F)F)n2-c2ccc(Cl)cc21. The highest BCUT2D eigenvalue weighted by atomic mass is 35.5. The van der Waals surface area contributed by atoms with Crippen LogP contribution in [-0.2, 0) is 15.7 Å². The lowest BCUT2D eigenvalue weighted by Crippen LogP contribution is -2.17. The van der Waals surface area contributed by atoms with Crippen molar-refractivity contribution in [1.29, 1.82) is 0 Å². The molecule has 0 saturated carbocycles. The highest BCUT2D eigenvalue weighted by Gasteiger charge is 2.43. The van der Waals surface area contributed by atoms with Gasteiger partial charge in [-0.1, -0.05) is 29.8 Å². The van der Waals surface area contributed by atoms with Crippen molar-refractivity contribution in [2.45, 2.75) is 24.8 Å². The average Bonchev–Trinajstić information content (AvgIpc) is 3.11. The molecule has 1 aromatic heterocycles. The van der Waals surface area contributed by atoms with Crippen LogP contribution in [0.25, 0.3) is 5.69 Å². The fraction of sp³-hybridized carbons (Fsp3) is 0.250. The lowest BCUT2D eigenvalue weighted by Gasteiger charge is -2.23. The lowest BCUT2D eigenvalue weighted by atomic mass is 9.98. The van der Waals surface area contributed by atoms with Gasteiger partial charge in [-0.2, -0.15) is 13.2 Å². The van der Waals surface area contributed by atoms with Gasteiger partial charge in [0.1, 0.15) is 18.0 Å². The van der Waals surface area contributed by atoms with Gasteiger partial charge in [-0.25, -0.2) is 0 Å². The van der Waals surface area contributed by atoms with E-state index in [1.54, 1.807) is 24.3 Å². The first kappa shape index (κ1) is 21.1. The number of carbonyl (C=O) groups is 1. The van der Waals surface area contributed by atoms with E-state index in [9.17, 15) is 23.1 Å². The smallest absolute Gasteiger partial charge is 0.452 e. The summed E-state index contributed by atoms with van der Waals surface area (Å²) in [6, 6.07) is 11.1. The van der Waals surface area contributed by atoms with Crippen LogP contribution < -0.4 is 4.74 Å². The fourth-order valence-electron chi connectivity index (χ4n) is 3.59. The normalized spacial score (nSPS) is 18.1. The number of methoxy groups -OCH3 is 1. The molecule has 0 unspecified atom stereocenters. The number of aliphatic carboxylic acids is 1. The molecule has 1 aliphatic rings. The Kier molecular flexibility index (Phi) is 5.36. The van der Waals surface area contributed by atoms with Crippen LogP contribution in [0.1, 0.15) is 41.4 Å². The number of alkyl halides is 3. The molecule has 0 radical (unpaired) electrons. The Morgan fingerprint density at radius 2 is 1.97 bits per heavy atom. The number of benzene rings is 2. The van der Waals surface area contributed by atoms with E-state index in [0.717, 1.165) is 4.57 Å². The van der Waals surface area contributed by atoms with Crippen LogP contribution in [0.5, 0.6) is 5.75 Å². The fourth-order valence-corrected chi connectivity index (χ4v) is 3.77. The molecule has 7 nitrogen and oxygen atoms in total. The van der Waals surface area contributed by atoms with E-state index in [0.29, 0.717) is 11.3 Å². The topological polar surface area (TPSA) is 86.5 Å². The molecule has 0 bridgehead atoms. The first-order valence-electron chi connectivity index (χ1n) is 9.03. The van der Waals surface area contributed by atoms with Crippen molar-refractivity contribution < 1.29 is 32.5 Å². The maximum Gasteiger partial charge on any atom is 0.452 e. The molecule has 1 aliphatic heterocycles. The third-order valence-corrected chi connectivity index (χ3v) is 5.06. The maximum absolute atomic E-state index is 13.7. The Morgan fingerprint density at radius 1 is 1.23 bits per heavy atom. The minimum Gasteiger partial charge on any atom is -0.496 e. The molecule has 162 valence electrons. The number of aromatic nitrogens is 3. The van der Waals surface area contributed by atoms with Crippen LogP contribution in [-0.4, -0.2) is 33.0 Å². The Hall–Kier alpha value is -3.11. The average molecular weight is 454 g/mol. The van der Waals surface area contributed by atoms with Crippen molar-refractivity contribution >= 4 is 17.6 Å². The number of nitrogens with zero attached hydrogens (tertiary/aromatic N) is 3. The third-order valence-electron chi connectivity index (χ3n) is 4.82. The Bertz CT molecular complexity index is 1150. The number of halogens is 4. The zero-order chi connectivity index (χ0) is 22.3. The van der Waals surface area contributed by atoms with Crippen LogP contribution in [0.3, 0.4) is 0 Å². The van der Waals surface area contributed by atoms with E-state index in [4.69, 9.17) is 21.1 Å². The maximum atomic E-state index is 13.7. The van der Waals surface area contributed by atoms with Gasteiger partial charge < -0.3 is 14.6 Å². The molecule has 0 amide bonds. The molecular formula is C20H15ClF3N3O4. The predicted octanol–water partition coefficient (Wildman–Crippen LogP) is 4.58. The minimum atomic E-state index is -4.83. The van der Waals surface area contributed by atoms with Gasteiger partial charge in [0.15, 0.2) is 5.82 Å². The molecular weight excluding hydrogens is 439 g/mol. The van der Waals surface area contributed by atoms with Crippen molar-refractivity contribution in [3.05, 3.63) is 70.3 Å². The summed E-state index contributed by atoms with van der Waals surface area (Å²) in [5.41, 5.74) is 0.869. The zero-order valence-corrected chi connectivity index (χ0v) is 16.7. The first-order chi connectivity index (χ1) is 14.7. The van der Waals surface area contributed by atoms with E-state index in [2.05, 4.69) is 10.2 Å². The summed E-state index contributed by atoms with van der Waals surface area (Å²) in [6.45, 7) is 0. The largest absolute Gasteiger partial charge is 0.496 e. The number of rotatable bonds is 4. The standard InChI is InChI=1S/C20H15ClF3N3O4/c1-30-14-5-3-2-4-11(14)17-12-8-10(21)6-7-13(12)27-18(15(31-17)9-16(28)29)25-26-19(27)20(22,23)24/h2-8,15,17H,9H2,1H3,(H,28,29)/t15-,17-/m0/s1. The minimum absolute atomic E-state index is 0.0838. The number of hydrogen-bond donors (Lipinski definition) is 1. The number of ether oxygens (including phenoxy) is 2. The van der Waals surface area contributed by atoms with Crippen molar-refractivity contribution in [3.8, 4) is 11.4 Å². The highest BCUT2D eigenvalue weighted by Crippen LogP contribution is 2.45. The van der Waals surface area contributed by atoms with Crippen LogP contribution in [0.15, 0.2) is 42.5 Å². The highest BCUT2D eigenvalue weighted by molar-refractivity contribution is 6.30. The Labute approximate surface area is 179 Å². The zero-order valence-electron chi connectivity index (χ0n) is 15.9. The number of hydrogen-bond acceptors (Lipinski definition) is 5. The van der Waals surface area contributed by atoms with Crippen LogP contribution in [0.4, 0.5) is 13.2 Å². The van der Waals surface area contributed by atoms with E-state index >= 15 is 0 Å². The molecule has 1 N–H and O–H groups in total. The summed E-state index contributed by atoms with van der Waals surface area (Å²) in [7, 11) is 1.44. The molecule has 0 spiro atoms. The van der Waals surface area contributed by atoms with Gasteiger partial charge in [-0.05, 0) is 24.3 Å². The number of carboxylic acid groups (broad SMARTS) is 1. The molecule has 2 aromatic carbocycles. The van der Waals surface area contributed by atoms with E-state index < -0.39 is 36.6 Å². The van der Waals surface area contributed by atoms with Gasteiger partial charge in [-0.15, -0.1) is 10.2 Å². The van der Waals surface area contributed by atoms with Crippen LogP contribution >= 0.6 is 11.6 Å². The second-order valence-corrected chi connectivity index (χ2v) is 7.20. The van der Waals surface area contributed by atoms with Crippen molar-refractivity contribution in [2.75, 3.05) is 7.11 Å². The summed E-state index contributed by atoms with van der Waals surface area (Å²) < 4.78 is 53.4. The quantitative estimate of drug-likeness (QED) is 0.622. The van der Waals surface area contributed by atoms with E-state index in [1.807, 2.05) is 0 Å². The third kappa shape index (κ3) is 3.84. The predicted molar refractivity (Wildman–Crippen MR) is 102 cm³/mol. The molecule has 0 saturated heterocycles. The summed E-state index contributed by atoms with van der Waals surface area (Å²) in [5.74, 6) is -2.40. The van der Waals surface area contributed by atoms with Gasteiger partial charge in [0, 0.05) is 16.1 Å². The summed E-state index contributed by atoms with van der Waals surface area (Å²) in [5, 5.41) is 16.6. The number of para-hydroxylation sites is 1. The van der Waals surface area contributed by atoms with Crippen LogP contribution in [0, 0.1) is 0 Å². The second kappa shape index (κ2) is 7.86. The summed E-state index contributed by atoms with van der Waals surface area (Å²) in [6.07, 6.45) is -7.75. The van der Waals surface area contributed by atoms with Gasteiger partial charge in [0.25, 0.3) is 0 Å². The Balaban J connectivity index is 2.03. The molecule has 0 aliphatic carbocycles. The second-order valence-electron chi connectivity index (χ2n) is 6.76. The number of fused-ring (bicyclic) bond motifs is 3. The van der Waals surface area contributed by atoms with Crippen molar-refractivity contribution in [3.63, 3.8) is 0 Å². The molecule has 2 heterocycles. The van der Waals surface area contributed by atoms with Crippen LogP contribution in [0.2, 0.25) is 5.02 Å². The number of carboxylic acids is 1. The van der Waals surface area contributed by atoms with Gasteiger partial charge in [0.05, 0.1) is 19.2 Å². The molecule has 0 fully saturated rings.